The van der Waals surface area contributed by atoms with E-state index >= 15 is 0 Å². The van der Waals surface area contributed by atoms with E-state index in [4.69, 9.17) is 33.7 Å². The molecule has 0 aliphatic heterocycles. The number of nitrogens with two attached hydrogens (primary N) is 1. The summed E-state index contributed by atoms with van der Waals surface area (Å²) in [5.74, 6) is 1.28. The van der Waals surface area contributed by atoms with E-state index in [9.17, 15) is 0 Å². The van der Waals surface area contributed by atoms with Gasteiger partial charge in [0.05, 0.1) is 5.02 Å². The van der Waals surface area contributed by atoms with Crippen LogP contribution in [0.25, 0.3) is 0 Å². The van der Waals surface area contributed by atoms with Crippen LogP contribution in [0.1, 0.15) is 11.1 Å². The lowest BCUT2D eigenvalue weighted by atomic mass is 10.1. The molecule has 0 atom stereocenters. The van der Waals surface area contributed by atoms with Gasteiger partial charge in [-0.15, -0.1) is 0 Å². The summed E-state index contributed by atoms with van der Waals surface area (Å²) in [4.78, 5) is 0. The SMILES string of the molecule is Cc1ccc(CN)cc1Oc1cccc(Cl)c1Cl. The molecule has 94 valence electrons. The summed E-state index contributed by atoms with van der Waals surface area (Å²) in [7, 11) is 0. The van der Waals surface area contributed by atoms with Crippen molar-refractivity contribution in [3.05, 3.63) is 57.6 Å². The average molecular weight is 282 g/mol. The van der Waals surface area contributed by atoms with Gasteiger partial charge in [-0.25, -0.2) is 0 Å². The molecule has 0 aliphatic rings. The van der Waals surface area contributed by atoms with Crippen LogP contribution in [0.3, 0.4) is 0 Å². The molecule has 4 heteroatoms. The second-order valence-electron chi connectivity index (χ2n) is 3.96. The highest BCUT2D eigenvalue weighted by atomic mass is 35.5. The molecule has 2 nitrogen and oxygen atoms in total. The first kappa shape index (κ1) is 13.2. The van der Waals surface area contributed by atoms with Crippen molar-refractivity contribution in [3.63, 3.8) is 0 Å². The molecule has 0 unspecified atom stereocenters. The summed E-state index contributed by atoms with van der Waals surface area (Å²) in [5, 5.41) is 0.888. The molecule has 0 amide bonds. The van der Waals surface area contributed by atoms with Crippen LogP contribution in [0.4, 0.5) is 0 Å². The molecule has 2 rings (SSSR count). The summed E-state index contributed by atoms with van der Waals surface area (Å²) >= 11 is 12.0. The van der Waals surface area contributed by atoms with Crippen LogP contribution >= 0.6 is 23.2 Å². The Bertz CT molecular complexity index is 570. The monoisotopic (exact) mass is 281 g/mol. The van der Waals surface area contributed by atoms with E-state index in [-0.39, 0.29) is 0 Å². The third-order valence-electron chi connectivity index (χ3n) is 2.62. The van der Waals surface area contributed by atoms with Gasteiger partial charge in [0.15, 0.2) is 0 Å². The second kappa shape index (κ2) is 5.61. The van der Waals surface area contributed by atoms with Gasteiger partial charge in [-0.1, -0.05) is 41.4 Å². The van der Waals surface area contributed by atoms with Crippen LogP contribution in [0.5, 0.6) is 11.5 Å². The first-order chi connectivity index (χ1) is 8.61. The first-order valence-corrected chi connectivity index (χ1v) is 6.29. The molecule has 0 aromatic heterocycles. The molecule has 2 aromatic rings. The van der Waals surface area contributed by atoms with Gasteiger partial charge in [0, 0.05) is 6.54 Å². The lowest BCUT2D eigenvalue weighted by molar-refractivity contribution is 0.478. The second-order valence-corrected chi connectivity index (χ2v) is 4.74. The highest BCUT2D eigenvalue weighted by molar-refractivity contribution is 6.42. The zero-order valence-corrected chi connectivity index (χ0v) is 11.4. The Hall–Kier alpha value is -1.22. The zero-order valence-electron chi connectivity index (χ0n) is 9.91. The largest absolute Gasteiger partial charge is 0.455 e. The normalized spacial score (nSPS) is 10.4. The molecular formula is C14H13Cl2NO. The molecule has 0 saturated heterocycles. The molecule has 0 aliphatic carbocycles. The molecule has 18 heavy (non-hydrogen) atoms. The molecule has 0 bridgehead atoms. The molecule has 0 radical (unpaired) electrons. The highest BCUT2D eigenvalue weighted by Gasteiger charge is 2.08. The maximum Gasteiger partial charge on any atom is 0.147 e. The van der Waals surface area contributed by atoms with Crippen molar-refractivity contribution in [2.24, 2.45) is 5.73 Å². The Morgan fingerprint density at radius 2 is 1.89 bits per heavy atom. The van der Waals surface area contributed by atoms with Crippen molar-refractivity contribution in [2.45, 2.75) is 13.5 Å². The average Bonchev–Trinajstić information content (AvgIpc) is 2.37. The van der Waals surface area contributed by atoms with Crippen molar-refractivity contribution in [3.8, 4) is 11.5 Å². The molecular weight excluding hydrogens is 269 g/mol. The molecule has 0 spiro atoms. The highest BCUT2D eigenvalue weighted by Crippen LogP contribution is 2.35. The fourth-order valence-corrected chi connectivity index (χ4v) is 1.89. The van der Waals surface area contributed by atoms with Gasteiger partial charge in [-0.3, -0.25) is 0 Å². The summed E-state index contributed by atoms with van der Waals surface area (Å²) in [6.45, 7) is 2.44. The zero-order chi connectivity index (χ0) is 13.1. The molecule has 0 heterocycles. The van der Waals surface area contributed by atoms with Crippen LogP contribution in [0, 0.1) is 6.92 Å². The molecule has 2 N–H and O–H groups in total. The van der Waals surface area contributed by atoms with Crippen molar-refractivity contribution in [1.29, 1.82) is 0 Å². The van der Waals surface area contributed by atoms with Crippen LogP contribution in [-0.4, -0.2) is 0 Å². The molecule has 0 saturated carbocycles. The molecule has 0 fully saturated rings. The fourth-order valence-electron chi connectivity index (χ4n) is 1.56. The Balaban J connectivity index is 2.36. The topological polar surface area (TPSA) is 35.2 Å². The summed E-state index contributed by atoms with van der Waals surface area (Å²) < 4.78 is 5.79. The molecule has 2 aromatic carbocycles. The number of halogens is 2. The lowest BCUT2D eigenvalue weighted by Crippen LogP contribution is -1.97. The number of benzene rings is 2. The summed E-state index contributed by atoms with van der Waals surface area (Å²) in [6.07, 6.45) is 0. The van der Waals surface area contributed by atoms with Gasteiger partial charge in [0.2, 0.25) is 0 Å². The predicted octanol–water partition coefficient (Wildman–Crippen LogP) is 4.55. The van der Waals surface area contributed by atoms with Crippen LogP contribution < -0.4 is 10.5 Å². The number of hydrogen-bond acceptors (Lipinski definition) is 2. The minimum Gasteiger partial charge on any atom is -0.455 e. The Morgan fingerprint density at radius 3 is 2.61 bits per heavy atom. The standard InChI is InChI=1S/C14H13Cl2NO/c1-9-5-6-10(8-17)7-13(9)18-12-4-2-3-11(15)14(12)16/h2-7H,8,17H2,1H3. The van der Waals surface area contributed by atoms with Gasteiger partial charge in [-0.2, -0.15) is 0 Å². The van der Waals surface area contributed by atoms with Crippen LogP contribution in [0.15, 0.2) is 36.4 Å². The van der Waals surface area contributed by atoms with Crippen LogP contribution in [0.2, 0.25) is 10.0 Å². The summed E-state index contributed by atoms with van der Waals surface area (Å²) in [6, 6.07) is 11.2. The maximum absolute atomic E-state index is 6.09. The van der Waals surface area contributed by atoms with Gasteiger partial charge < -0.3 is 10.5 Å². The minimum absolute atomic E-state index is 0.414. The van der Waals surface area contributed by atoms with E-state index in [0.29, 0.717) is 22.3 Å². The number of ether oxygens (including phenoxy) is 1. The van der Waals surface area contributed by atoms with E-state index in [1.54, 1.807) is 18.2 Å². The third-order valence-corrected chi connectivity index (χ3v) is 3.43. The van der Waals surface area contributed by atoms with Crippen molar-refractivity contribution in [1.82, 2.24) is 0 Å². The van der Waals surface area contributed by atoms with Crippen molar-refractivity contribution >= 4 is 23.2 Å². The van der Waals surface area contributed by atoms with E-state index in [1.165, 1.54) is 0 Å². The van der Waals surface area contributed by atoms with E-state index in [2.05, 4.69) is 0 Å². The smallest absolute Gasteiger partial charge is 0.147 e. The quantitative estimate of drug-likeness (QED) is 0.896. The number of rotatable bonds is 3. The Kier molecular flexibility index (Phi) is 4.12. The number of hydrogen-bond donors (Lipinski definition) is 1. The number of aryl methyl sites for hydroxylation is 1. The van der Waals surface area contributed by atoms with Gasteiger partial charge in [0.25, 0.3) is 0 Å². The Labute approximate surface area is 116 Å². The van der Waals surface area contributed by atoms with Crippen LogP contribution in [-0.2, 0) is 6.54 Å². The van der Waals surface area contributed by atoms with Gasteiger partial charge in [-0.05, 0) is 36.2 Å². The Morgan fingerprint density at radius 1 is 1.11 bits per heavy atom. The van der Waals surface area contributed by atoms with Gasteiger partial charge in [0.1, 0.15) is 16.5 Å². The summed E-state index contributed by atoms with van der Waals surface area (Å²) in [5.41, 5.74) is 7.64. The van der Waals surface area contributed by atoms with E-state index in [0.717, 1.165) is 16.9 Å². The van der Waals surface area contributed by atoms with Crippen molar-refractivity contribution < 1.29 is 4.74 Å². The lowest BCUT2D eigenvalue weighted by Gasteiger charge is -2.11. The minimum atomic E-state index is 0.414. The van der Waals surface area contributed by atoms with Crippen molar-refractivity contribution in [2.75, 3.05) is 0 Å². The fraction of sp³-hybridized carbons (Fsp3) is 0.143. The van der Waals surface area contributed by atoms with E-state index in [1.807, 2.05) is 25.1 Å². The predicted molar refractivity (Wildman–Crippen MR) is 75.6 cm³/mol. The van der Waals surface area contributed by atoms with Gasteiger partial charge >= 0.3 is 0 Å². The maximum atomic E-state index is 6.09. The third kappa shape index (κ3) is 2.78. The first-order valence-electron chi connectivity index (χ1n) is 5.53. The van der Waals surface area contributed by atoms with E-state index < -0.39 is 0 Å².